The summed E-state index contributed by atoms with van der Waals surface area (Å²) < 4.78 is 7.68. The molecule has 7 nitrogen and oxygen atoms in total. The maximum atomic E-state index is 12.5. The van der Waals surface area contributed by atoms with E-state index >= 15 is 0 Å². The van der Waals surface area contributed by atoms with Crippen molar-refractivity contribution in [3.05, 3.63) is 60.3 Å². The lowest BCUT2D eigenvalue weighted by molar-refractivity contribution is 0.00131. The van der Waals surface area contributed by atoms with Gasteiger partial charge in [-0.1, -0.05) is 30.3 Å². The van der Waals surface area contributed by atoms with Crippen molar-refractivity contribution in [2.24, 2.45) is 0 Å². The molecule has 1 aliphatic heterocycles. The van der Waals surface area contributed by atoms with Gasteiger partial charge in [0.05, 0.1) is 12.7 Å². The Hall–Kier alpha value is -2.80. The summed E-state index contributed by atoms with van der Waals surface area (Å²) in [5.74, 6) is -0.239. The van der Waals surface area contributed by atoms with Crippen LogP contribution in [-0.4, -0.2) is 38.6 Å². The van der Waals surface area contributed by atoms with Gasteiger partial charge in [0.25, 0.3) is 5.91 Å². The number of rotatable bonds is 4. The molecular formula is C17H17N5O2. The van der Waals surface area contributed by atoms with E-state index in [1.165, 1.54) is 6.20 Å². The van der Waals surface area contributed by atoms with Gasteiger partial charge in [0.1, 0.15) is 17.6 Å². The standard InChI is InChI=1S/C17H17N5O2/c23-16(14-10-22-12-20-21-15(22)9-18-14)19-11-17(7-4-8-24-17)13-5-2-1-3-6-13/h1-3,5-6,9-10,12H,4,7-8,11H2,(H,19,23). The predicted molar refractivity (Wildman–Crippen MR) is 86.4 cm³/mol. The normalized spacial score (nSPS) is 20.3. The van der Waals surface area contributed by atoms with Gasteiger partial charge in [0, 0.05) is 12.8 Å². The number of nitrogens with one attached hydrogen (secondary N) is 1. The van der Waals surface area contributed by atoms with E-state index in [-0.39, 0.29) is 5.91 Å². The van der Waals surface area contributed by atoms with Crippen LogP contribution >= 0.6 is 0 Å². The van der Waals surface area contributed by atoms with Crippen molar-refractivity contribution >= 4 is 11.6 Å². The van der Waals surface area contributed by atoms with Crippen LogP contribution in [0.1, 0.15) is 28.9 Å². The summed E-state index contributed by atoms with van der Waals surface area (Å²) in [6.07, 6.45) is 6.56. The molecule has 1 N–H and O–H groups in total. The molecule has 3 heterocycles. The van der Waals surface area contributed by atoms with E-state index in [0.717, 1.165) is 18.4 Å². The average Bonchev–Trinajstić information content (AvgIpc) is 3.30. The molecule has 3 aromatic rings. The van der Waals surface area contributed by atoms with Crippen molar-refractivity contribution in [1.29, 1.82) is 0 Å². The third-order valence-corrected chi connectivity index (χ3v) is 4.35. The van der Waals surface area contributed by atoms with Gasteiger partial charge in [-0.25, -0.2) is 4.98 Å². The van der Waals surface area contributed by atoms with Gasteiger partial charge in [-0.05, 0) is 18.4 Å². The first kappa shape index (κ1) is 14.8. The first-order valence-corrected chi connectivity index (χ1v) is 7.90. The van der Waals surface area contributed by atoms with Gasteiger partial charge in [0.15, 0.2) is 5.65 Å². The zero-order chi connectivity index (χ0) is 16.4. The summed E-state index contributed by atoms with van der Waals surface area (Å²) in [7, 11) is 0. The van der Waals surface area contributed by atoms with Crippen molar-refractivity contribution in [3.8, 4) is 0 Å². The summed E-state index contributed by atoms with van der Waals surface area (Å²) in [5, 5.41) is 10.6. The van der Waals surface area contributed by atoms with Crippen LogP contribution < -0.4 is 5.32 Å². The van der Waals surface area contributed by atoms with Crippen LogP contribution in [-0.2, 0) is 10.3 Å². The lowest BCUT2D eigenvalue weighted by Gasteiger charge is -2.29. The van der Waals surface area contributed by atoms with Gasteiger partial charge in [-0.15, -0.1) is 10.2 Å². The topological polar surface area (TPSA) is 81.4 Å². The summed E-state index contributed by atoms with van der Waals surface area (Å²) in [4.78, 5) is 16.6. The van der Waals surface area contributed by atoms with Crippen molar-refractivity contribution in [2.75, 3.05) is 13.2 Å². The van der Waals surface area contributed by atoms with Gasteiger partial charge in [-0.3, -0.25) is 9.20 Å². The zero-order valence-electron chi connectivity index (χ0n) is 13.1. The zero-order valence-corrected chi connectivity index (χ0v) is 13.1. The van der Waals surface area contributed by atoms with Gasteiger partial charge >= 0.3 is 0 Å². The van der Waals surface area contributed by atoms with Gasteiger partial charge in [-0.2, -0.15) is 0 Å². The van der Waals surface area contributed by atoms with Crippen LogP contribution in [0.4, 0.5) is 0 Å². The molecule has 2 aromatic heterocycles. The van der Waals surface area contributed by atoms with Gasteiger partial charge in [0.2, 0.25) is 0 Å². The molecule has 122 valence electrons. The predicted octanol–water partition coefficient (Wildman–Crippen LogP) is 1.56. The third-order valence-electron chi connectivity index (χ3n) is 4.35. The molecule has 1 unspecified atom stereocenters. The van der Waals surface area contributed by atoms with Crippen LogP contribution in [0.25, 0.3) is 5.65 Å². The quantitative estimate of drug-likeness (QED) is 0.788. The summed E-state index contributed by atoms with van der Waals surface area (Å²) in [5.41, 5.74) is 1.55. The summed E-state index contributed by atoms with van der Waals surface area (Å²) in [6.45, 7) is 1.12. The number of carbonyl (C=O) groups excluding carboxylic acids is 1. The molecule has 1 aromatic carbocycles. The number of aromatic nitrogens is 4. The molecule has 1 saturated heterocycles. The molecule has 7 heteroatoms. The maximum absolute atomic E-state index is 12.5. The monoisotopic (exact) mass is 323 g/mol. The molecule has 1 fully saturated rings. The van der Waals surface area contributed by atoms with Crippen LogP contribution in [0, 0.1) is 0 Å². The minimum absolute atomic E-state index is 0.239. The van der Waals surface area contributed by atoms with Crippen LogP contribution in [0.2, 0.25) is 0 Å². The Balaban J connectivity index is 1.52. The second kappa shape index (κ2) is 6.01. The lowest BCUT2D eigenvalue weighted by Crippen LogP contribution is -2.40. The largest absolute Gasteiger partial charge is 0.368 e. The Morgan fingerprint density at radius 1 is 1.33 bits per heavy atom. The Kier molecular flexibility index (Phi) is 3.70. The van der Waals surface area contributed by atoms with Crippen LogP contribution in [0.5, 0.6) is 0 Å². The Bertz CT molecular complexity index is 856. The van der Waals surface area contributed by atoms with Crippen molar-refractivity contribution in [3.63, 3.8) is 0 Å². The number of hydrogen-bond donors (Lipinski definition) is 1. The summed E-state index contributed by atoms with van der Waals surface area (Å²) in [6, 6.07) is 10.0. The maximum Gasteiger partial charge on any atom is 0.271 e. The lowest BCUT2D eigenvalue weighted by atomic mass is 9.90. The Morgan fingerprint density at radius 3 is 3.00 bits per heavy atom. The van der Waals surface area contributed by atoms with Crippen molar-refractivity contribution in [1.82, 2.24) is 24.9 Å². The molecule has 1 atom stereocenters. The molecule has 1 aliphatic rings. The molecule has 0 radical (unpaired) electrons. The van der Waals surface area contributed by atoms with E-state index in [2.05, 4.69) is 20.5 Å². The molecule has 24 heavy (non-hydrogen) atoms. The van der Waals surface area contributed by atoms with E-state index in [1.54, 1.807) is 16.9 Å². The fourth-order valence-corrected chi connectivity index (χ4v) is 3.08. The molecule has 0 aliphatic carbocycles. The molecule has 1 amide bonds. The van der Waals surface area contributed by atoms with Crippen LogP contribution in [0.3, 0.4) is 0 Å². The number of nitrogens with zero attached hydrogens (tertiary/aromatic N) is 4. The first-order valence-electron chi connectivity index (χ1n) is 7.90. The second-order valence-electron chi connectivity index (χ2n) is 5.86. The van der Waals surface area contributed by atoms with E-state index in [4.69, 9.17) is 4.74 Å². The number of amides is 1. The van der Waals surface area contributed by atoms with E-state index < -0.39 is 5.60 Å². The molecule has 0 saturated carbocycles. The highest BCUT2D eigenvalue weighted by Crippen LogP contribution is 2.35. The molecule has 0 bridgehead atoms. The van der Waals surface area contributed by atoms with Crippen molar-refractivity contribution < 1.29 is 9.53 Å². The van der Waals surface area contributed by atoms with E-state index in [1.807, 2.05) is 30.3 Å². The van der Waals surface area contributed by atoms with E-state index in [9.17, 15) is 4.79 Å². The third kappa shape index (κ3) is 2.63. The second-order valence-corrected chi connectivity index (χ2v) is 5.86. The first-order chi connectivity index (χ1) is 11.8. The minimum atomic E-state index is -0.461. The highest BCUT2D eigenvalue weighted by Gasteiger charge is 2.37. The smallest absolute Gasteiger partial charge is 0.271 e. The van der Waals surface area contributed by atoms with Gasteiger partial charge < -0.3 is 10.1 Å². The van der Waals surface area contributed by atoms with Crippen molar-refractivity contribution in [2.45, 2.75) is 18.4 Å². The number of benzene rings is 1. The minimum Gasteiger partial charge on any atom is -0.368 e. The fraction of sp³-hybridized carbons (Fsp3) is 0.294. The molecule has 4 rings (SSSR count). The Labute approximate surface area is 138 Å². The number of hydrogen-bond acceptors (Lipinski definition) is 5. The summed E-state index contributed by atoms with van der Waals surface area (Å²) >= 11 is 0. The fourth-order valence-electron chi connectivity index (χ4n) is 3.08. The van der Waals surface area contributed by atoms with E-state index in [0.29, 0.717) is 24.5 Å². The highest BCUT2D eigenvalue weighted by atomic mass is 16.5. The SMILES string of the molecule is O=C(NCC1(c2ccccc2)CCCO1)c1cn2cnnc2cn1. The highest BCUT2D eigenvalue weighted by molar-refractivity contribution is 5.92. The number of fused-ring (bicyclic) bond motifs is 1. The number of carbonyl (C=O) groups is 1. The average molecular weight is 323 g/mol. The van der Waals surface area contributed by atoms with Crippen LogP contribution in [0.15, 0.2) is 49.1 Å². The number of ether oxygens (including phenoxy) is 1. The Morgan fingerprint density at radius 2 is 2.21 bits per heavy atom. The molecule has 0 spiro atoms. The molecular weight excluding hydrogens is 306 g/mol.